The minimum atomic E-state index is -1.03. The molecule has 0 radical (unpaired) electrons. The second-order valence-electron chi connectivity index (χ2n) is 6.14. The number of aromatic nitrogens is 2. The summed E-state index contributed by atoms with van der Waals surface area (Å²) in [7, 11) is 0. The molecule has 1 aromatic carbocycles. The zero-order valence-electron chi connectivity index (χ0n) is 13.7. The summed E-state index contributed by atoms with van der Waals surface area (Å²) in [6, 6.07) is 5.79. The first-order valence-corrected chi connectivity index (χ1v) is 8.62. The zero-order valence-corrected chi connectivity index (χ0v) is 15.3. The van der Waals surface area contributed by atoms with Crippen molar-refractivity contribution in [1.29, 1.82) is 0 Å². The van der Waals surface area contributed by atoms with Crippen LogP contribution < -0.4 is 0 Å². The summed E-state index contributed by atoms with van der Waals surface area (Å²) in [6.07, 6.45) is 1.63. The highest BCUT2D eigenvalue weighted by Gasteiger charge is 2.39. The van der Waals surface area contributed by atoms with E-state index >= 15 is 0 Å². The first-order chi connectivity index (χ1) is 11.8. The molecule has 8 heteroatoms. The molecule has 2 aromatic rings. The maximum Gasteiger partial charge on any atom is 0.326 e. The van der Waals surface area contributed by atoms with Gasteiger partial charge in [-0.05, 0) is 51.0 Å². The molecule has 1 fully saturated rings. The topological polar surface area (TPSA) is 75.4 Å². The van der Waals surface area contributed by atoms with Crippen LogP contribution in [0.3, 0.4) is 0 Å². The van der Waals surface area contributed by atoms with Gasteiger partial charge in [0.2, 0.25) is 0 Å². The third-order valence-electron chi connectivity index (χ3n) is 4.20. The molecular formula is C17H17Cl2N3O3. The Hall–Kier alpha value is -2.05. The van der Waals surface area contributed by atoms with Crippen LogP contribution in [0, 0.1) is 6.92 Å². The molecule has 1 aromatic heterocycles. The predicted octanol–water partition coefficient (Wildman–Crippen LogP) is 3.57. The third-order valence-corrected chi connectivity index (χ3v) is 4.94. The van der Waals surface area contributed by atoms with Crippen molar-refractivity contribution >= 4 is 35.1 Å². The molecule has 0 bridgehead atoms. The lowest BCUT2D eigenvalue weighted by Crippen LogP contribution is -2.44. The normalized spacial score (nSPS) is 15.0. The number of carboxylic acid groups (broad SMARTS) is 1. The summed E-state index contributed by atoms with van der Waals surface area (Å²) in [4.78, 5) is 25.6. The van der Waals surface area contributed by atoms with Crippen molar-refractivity contribution in [3.63, 3.8) is 0 Å². The Kier molecular flexibility index (Phi) is 4.75. The van der Waals surface area contributed by atoms with Crippen molar-refractivity contribution in [2.24, 2.45) is 0 Å². The van der Waals surface area contributed by atoms with Crippen LogP contribution in [-0.4, -0.2) is 43.7 Å². The second-order valence-corrected chi connectivity index (χ2v) is 6.95. The molecule has 1 heterocycles. The average Bonchev–Trinajstić information content (AvgIpc) is 3.31. The highest BCUT2D eigenvalue weighted by Crippen LogP contribution is 2.31. The SMILES string of the molecule is Cc1cc(C(=O)N(C2CC2)C(C)C(=O)O)nn1-c1ccc(Cl)c(Cl)c1. The molecule has 1 N–H and O–H groups in total. The van der Waals surface area contributed by atoms with Gasteiger partial charge in [0.05, 0.1) is 15.7 Å². The molecule has 1 aliphatic carbocycles. The van der Waals surface area contributed by atoms with Gasteiger partial charge in [0.25, 0.3) is 5.91 Å². The molecule has 1 amide bonds. The zero-order chi connectivity index (χ0) is 18.3. The number of halogens is 2. The second kappa shape index (κ2) is 6.69. The van der Waals surface area contributed by atoms with Gasteiger partial charge in [-0.2, -0.15) is 5.10 Å². The smallest absolute Gasteiger partial charge is 0.326 e. The third kappa shape index (κ3) is 3.50. The van der Waals surface area contributed by atoms with Crippen molar-refractivity contribution in [2.75, 3.05) is 0 Å². The Morgan fingerprint density at radius 3 is 2.52 bits per heavy atom. The Bertz CT molecular complexity index is 846. The summed E-state index contributed by atoms with van der Waals surface area (Å²) >= 11 is 12.0. The van der Waals surface area contributed by atoms with Crippen LogP contribution in [0.5, 0.6) is 0 Å². The Morgan fingerprint density at radius 1 is 1.28 bits per heavy atom. The van der Waals surface area contributed by atoms with Crippen molar-refractivity contribution < 1.29 is 14.7 Å². The van der Waals surface area contributed by atoms with E-state index in [1.54, 1.807) is 28.9 Å². The number of carbonyl (C=O) groups excluding carboxylic acids is 1. The fraction of sp³-hybridized carbons (Fsp3) is 0.353. The molecule has 6 nitrogen and oxygen atoms in total. The van der Waals surface area contributed by atoms with Gasteiger partial charge >= 0.3 is 5.97 Å². The van der Waals surface area contributed by atoms with Gasteiger partial charge < -0.3 is 10.0 Å². The fourth-order valence-corrected chi connectivity index (χ4v) is 3.01. The number of aryl methyl sites for hydroxylation is 1. The standard InChI is InChI=1S/C17H17Cl2N3O3/c1-9-7-15(16(23)21(11-3-4-11)10(2)17(24)25)20-22(9)12-5-6-13(18)14(19)8-12/h5-8,10-11H,3-4H2,1-2H3,(H,24,25). The Morgan fingerprint density at radius 2 is 1.96 bits per heavy atom. The number of hydrogen-bond donors (Lipinski definition) is 1. The van der Waals surface area contributed by atoms with Crippen molar-refractivity contribution in [2.45, 2.75) is 38.8 Å². The first kappa shape index (κ1) is 17.8. The van der Waals surface area contributed by atoms with Crippen LogP contribution in [0.15, 0.2) is 24.3 Å². The maximum atomic E-state index is 12.8. The monoisotopic (exact) mass is 381 g/mol. The van der Waals surface area contributed by atoms with Crippen molar-refractivity contribution in [3.8, 4) is 5.69 Å². The van der Waals surface area contributed by atoms with E-state index in [-0.39, 0.29) is 17.6 Å². The Labute approximate surface area is 154 Å². The van der Waals surface area contributed by atoms with Crippen molar-refractivity contribution in [1.82, 2.24) is 14.7 Å². The lowest BCUT2D eigenvalue weighted by atomic mass is 10.2. The lowest BCUT2D eigenvalue weighted by molar-refractivity contribution is -0.141. The molecule has 1 unspecified atom stereocenters. The average molecular weight is 382 g/mol. The summed E-state index contributed by atoms with van der Waals surface area (Å²) in [5.41, 5.74) is 1.62. The van der Waals surface area contributed by atoms with E-state index < -0.39 is 12.0 Å². The van der Waals surface area contributed by atoms with Crippen LogP contribution in [0.4, 0.5) is 0 Å². The highest BCUT2D eigenvalue weighted by molar-refractivity contribution is 6.42. The molecule has 0 saturated heterocycles. The van der Waals surface area contributed by atoms with Crippen LogP contribution in [-0.2, 0) is 4.79 Å². The number of rotatable bonds is 5. The van der Waals surface area contributed by atoms with Gasteiger partial charge in [0, 0.05) is 11.7 Å². The van der Waals surface area contributed by atoms with E-state index in [9.17, 15) is 14.7 Å². The molecule has 0 spiro atoms. The number of hydrogen-bond acceptors (Lipinski definition) is 3. The Balaban J connectivity index is 1.94. The van der Waals surface area contributed by atoms with Gasteiger partial charge in [-0.15, -0.1) is 0 Å². The van der Waals surface area contributed by atoms with Gasteiger partial charge in [0.15, 0.2) is 5.69 Å². The minimum absolute atomic E-state index is 0.0333. The van der Waals surface area contributed by atoms with Gasteiger partial charge in [-0.25, -0.2) is 9.48 Å². The summed E-state index contributed by atoms with van der Waals surface area (Å²) in [5.74, 6) is -1.40. The number of aliphatic carboxylic acids is 1. The van der Waals surface area contributed by atoms with E-state index in [0.717, 1.165) is 18.5 Å². The van der Waals surface area contributed by atoms with Crippen LogP contribution >= 0.6 is 23.2 Å². The summed E-state index contributed by atoms with van der Waals surface area (Å²) in [5, 5.41) is 14.4. The van der Waals surface area contributed by atoms with Gasteiger partial charge in [0.1, 0.15) is 6.04 Å². The van der Waals surface area contributed by atoms with Crippen molar-refractivity contribution in [3.05, 3.63) is 45.7 Å². The quantitative estimate of drug-likeness (QED) is 0.858. The van der Waals surface area contributed by atoms with E-state index in [2.05, 4.69) is 5.10 Å². The predicted molar refractivity (Wildman–Crippen MR) is 94.6 cm³/mol. The van der Waals surface area contributed by atoms with E-state index in [1.165, 1.54) is 11.8 Å². The van der Waals surface area contributed by atoms with Gasteiger partial charge in [-0.3, -0.25) is 4.79 Å². The number of nitrogens with zero attached hydrogens (tertiary/aromatic N) is 3. The molecular weight excluding hydrogens is 365 g/mol. The van der Waals surface area contributed by atoms with Crippen LogP contribution in [0.2, 0.25) is 10.0 Å². The summed E-state index contributed by atoms with van der Waals surface area (Å²) < 4.78 is 1.59. The number of benzene rings is 1. The van der Waals surface area contributed by atoms with E-state index in [1.807, 2.05) is 6.92 Å². The maximum absolute atomic E-state index is 12.8. The first-order valence-electron chi connectivity index (χ1n) is 7.87. The summed E-state index contributed by atoms with van der Waals surface area (Å²) in [6.45, 7) is 3.33. The highest BCUT2D eigenvalue weighted by atomic mass is 35.5. The molecule has 1 atom stereocenters. The number of carbonyl (C=O) groups is 2. The fourth-order valence-electron chi connectivity index (χ4n) is 2.72. The van der Waals surface area contributed by atoms with Crippen LogP contribution in [0.25, 0.3) is 5.69 Å². The van der Waals surface area contributed by atoms with E-state index in [4.69, 9.17) is 23.2 Å². The molecule has 0 aliphatic heterocycles. The largest absolute Gasteiger partial charge is 0.480 e. The minimum Gasteiger partial charge on any atom is -0.480 e. The number of amides is 1. The molecule has 1 saturated carbocycles. The van der Waals surface area contributed by atoms with Gasteiger partial charge in [-0.1, -0.05) is 23.2 Å². The molecule has 132 valence electrons. The van der Waals surface area contributed by atoms with E-state index in [0.29, 0.717) is 15.7 Å². The lowest BCUT2D eigenvalue weighted by Gasteiger charge is -2.25. The molecule has 25 heavy (non-hydrogen) atoms. The number of carboxylic acids is 1. The molecule has 1 aliphatic rings. The molecule has 3 rings (SSSR count). The van der Waals surface area contributed by atoms with Crippen LogP contribution in [0.1, 0.15) is 35.9 Å².